The highest BCUT2D eigenvalue weighted by molar-refractivity contribution is 6.11. The van der Waals surface area contributed by atoms with E-state index in [4.69, 9.17) is 5.73 Å². The lowest BCUT2D eigenvalue weighted by Gasteiger charge is -2.07. The number of rotatable bonds is 6. The second-order valence-electron chi connectivity index (χ2n) is 6.74. The molecule has 2 amide bonds. The van der Waals surface area contributed by atoms with Gasteiger partial charge in [0.15, 0.2) is 0 Å². The summed E-state index contributed by atoms with van der Waals surface area (Å²) < 4.78 is 0. The third-order valence-corrected chi connectivity index (χ3v) is 4.29. The Morgan fingerprint density at radius 2 is 2.00 bits per heavy atom. The lowest BCUT2D eigenvalue weighted by atomic mass is 10.1. The van der Waals surface area contributed by atoms with E-state index in [0.29, 0.717) is 6.54 Å². The number of carbonyl (C=O) groups is 2. The lowest BCUT2D eigenvalue weighted by molar-refractivity contribution is -0.126. The number of anilines is 1. The number of carbonyl (C=O) groups excluding carboxylic acids is 2. The van der Waals surface area contributed by atoms with Gasteiger partial charge in [0.2, 0.25) is 17.8 Å². The standard InChI is InChI=1S/C21H24N6O2/c1-14-6-5-9-16(12-14)24-20(22)27-21-25-17(19(29)26-21)13-18(28)23-11-10-15-7-3-2-4-8-15/h2-9,12,17H,10-11,13H2,1H3,(H,23,28)(H4,22,24,25,26,27,29). The summed E-state index contributed by atoms with van der Waals surface area (Å²) in [6.07, 6.45) is 0.689. The Kier molecular flexibility index (Phi) is 6.57. The van der Waals surface area contributed by atoms with Gasteiger partial charge in [-0.1, -0.05) is 42.5 Å². The minimum atomic E-state index is -0.808. The van der Waals surface area contributed by atoms with E-state index in [0.717, 1.165) is 23.2 Å². The number of nitrogens with zero attached hydrogens (tertiary/aromatic N) is 2. The number of nitrogens with two attached hydrogens (primary N) is 1. The van der Waals surface area contributed by atoms with Crippen molar-refractivity contribution in [1.82, 2.24) is 10.6 Å². The predicted octanol–water partition coefficient (Wildman–Crippen LogP) is 1.33. The topological polar surface area (TPSA) is 121 Å². The van der Waals surface area contributed by atoms with Crippen LogP contribution in [0.2, 0.25) is 0 Å². The molecule has 1 unspecified atom stereocenters. The first-order valence-electron chi connectivity index (χ1n) is 9.37. The molecule has 0 saturated carbocycles. The summed E-state index contributed by atoms with van der Waals surface area (Å²) in [5.41, 5.74) is 8.87. The van der Waals surface area contributed by atoms with Crippen LogP contribution in [0.5, 0.6) is 0 Å². The molecule has 8 heteroatoms. The van der Waals surface area contributed by atoms with Gasteiger partial charge in [0.25, 0.3) is 5.91 Å². The number of amides is 2. The minimum Gasteiger partial charge on any atom is -0.369 e. The Morgan fingerprint density at radius 1 is 1.21 bits per heavy atom. The Hall–Kier alpha value is -3.68. The number of nitrogens with one attached hydrogen (secondary N) is 3. The fourth-order valence-corrected chi connectivity index (χ4v) is 2.88. The van der Waals surface area contributed by atoms with Gasteiger partial charge >= 0.3 is 0 Å². The molecular weight excluding hydrogens is 368 g/mol. The highest BCUT2D eigenvalue weighted by Crippen LogP contribution is 2.10. The summed E-state index contributed by atoms with van der Waals surface area (Å²) in [7, 11) is 0. The second kappa shape index (κ2) is 9.50. The van der Waals surface area contributed by atoms with Gasteiger partial charge in [-0.2, -0.15) is 4.99 Å². The average molecular weight is 392 g/mol. The van der Waals surface area contributed by atoms with Crippen molar-refractivity contribution >= 4 is 29.4 Å². The van der Waals surface area contributed by atoms with Gasteiger partial charge in [-0.25, -0.2) is 4.99 Å². The summed E-state index contributed by atoms with van der Waals surface area (Å²) in [6, 6.07) is 16.7. The summed E-state index contributed by atoms with van der Waals surface area (Å²) in [5.74, 6) is -0.413. The van der Waals surface area contributed by atoms with Crippen molar-refractivity contribution < 1.29 is 9.59 Å². The van der Waals surface area contributed by atoms with Crippen molar-refractivity contribution in [3.05, 3.63) is 65.7 Å². The minimum absolute atomic E-state index is 0.0368. The molecule has 1 aliphatic rings. The van der Waals surface area contributed by atoms with Crippen molar-refractivity contribution in [2.24, 2.45) is 15.7 Å². The van der Waals surface area contributed by atoms with Crippen molar-refractivity contribution in [1.29, 1.82) is 0 Å². The number of guanidine groups is 2. The number of benzene rings is 2. The van der Waals surface area contributed by atoms with Crippen LogP contribution in [-0.2, 0) is 16.0 Å². The maximum absolute atomic E-state index is 12.1. The van der Waals surface area contributed by atoms with Crippen LogP contribution in [0.25, 0.3) is 0 Å². The zero-order valence-electron chi connectivity index (χ0n) is 16.2. The molecule has 2 aromatic rings. The molecule has 150 valence electrons. The highest BCUT2D eigenvalue weighted by atomic mass is 16.2. The molecule has 8 nitrogen and oxygen atoms in total. The smallest absolute Gasteiger partial charge is 0.252 e. The van der Waals surface area contributed by atoms with Gasteiger partial charge in [0, 0.05) is 12.2 Å². The molecule has 0 saturated heterocycles. The fourth-order valence-electron chi connectivity index (χ4n) is 2.88. The van der Waals surface area contributed by atoms with Gasteiger partial charge in [-0.3, -0.25) is 14.9 Å². The Morgan fingerprint density at radius 3 is 2.76 bits per heavy atom. The van der Waals surface area contributed by atoms with Gasteiger partial charge in [-0.15, -0.1) is 0 Å². The molecule has 3 rings (SSSR count). The summed E-state index contributed by atoms with van der Waals surface area (Å²) in [4.78, 5) is 32.4. The first kappa shape index (κ1) is 20.1. The third kappa shape index (κ3) is 6.17. The van der Waals surface area contributed by atoms with Crippen LogP contribution >= 0.6 is 0 Å². The van der Waals surface area contributed by atoms with Crippen molar-refractivity contribution in [2.45, 2.75) is 25.8 Å². The fraction of sp³-hybridized carbons (Fsp3) is 0.238. The molecular formula is C21H24N6O2. The van der Waals surface area contributed by atoms with Gasteiger partial charge in [0.1, 0.15) is 6.04 Å². The molecule has 1 atom stereocenters. The van der Waals surface area contributed by atoms with E-state index in [1.54, 1.807) is 0 Å². The van der Waals surface area contributed by atoms with Crippen LogP contribution in [0.4, 0.5) is 5.69 Å². The number of aryl methyl sites for hydroxylation is 1. The largest absolute Gasteiger partial charge is 0.369 e. The highest BCUT2D eigenvalue weighted by Gasteiger charge is 2.28. The number of hydrogen-bond acceptors (Lipinski definition) is 4. The average Bonchev–Trinajstić information content (AvgIpc) is 3.01. The maximum Gasteiger partial charge on any atom is 0.252 e. The molecule has 0 bridgehead atoms. The van der Waals surface area contributed by atoms with Crippen molar-refractivity contribution in [2.75, 3.05) is 11.9 Å². The van der Waals surface area contributed by atoms with Crippen LogP contribution in [0, 0.1) is 6.92 Å². The summed E-state index contributed by atoms with van der Waals surface area (Å²) in [6.45, 7) is 2.47. The first-order chi connectivity index (χ1) is 14.0. The van der Waals surface area contributed by atoms with Crippen molar-refractivity contribution in [3.8, 4) is 0 Å². The Labute approximate surface area is 169 Å². The zero-order chi connectivity index (χ0) is 20.6. The van der Waals surface area contributed by atoms with Crippen LogP contribution in [0.3, 0.4) is 0 Å². The lowest BCUT2D eigenvalue weighted by Crippen LogP contribution is -2.34. The summed E-state index contributed by atoms with van der Waals surface area (Å²) in [5, 5.41) is 8.29. The van der Waals surface area contributed by atoms with Crippen molar-refractivity contribution in [3.63, 3.8) is 0 Å². The van der Waals surface area contributed by atoms with E-state index in [2.05, 4.69) is 25.9 Å². The van der Waals surface area contributed by atoms with Crippen LogP contribution < -0.4 is 21.7 Å². The molecule has 0 fully saturated rings. The third-order valence-electron chi connectivity index (χ3n) is 4.29. The first-order valence-corrected chi connectivity index (χ1v) is 9.37. The van der Waals surface area contributed by atoms with E-state index < -0.39 is 6.04 Å². The van der Waals surface area contributed by atoms with Crippen LogP contribution in [-0.4, -0.2) is 36.3 Å². The zero-order valence-corrected chi connectivity index (χ0v) is 16.2. The SMILES string of the molecule is Cc1cccc(N/C(N)=N/C2=NC(CC(=O)NCCc3ccccc3)C(=O)N2)c1. The molecule has 5 N–H and O–H groups in total. The van der Waals surface area contributed by atoms with E-state index in [-0.39, 0.29) is 30.2 Å². The van der Waals surface area contributed by atoms with Gasteiger partial charge in [0.05, 0.1) is 6.42 Å². The quantitative estimate of drug-likeness (QED) is 0.438. The second-order valence-corrected chi connectivity index (χ2v) is 6.74. The number of hydrogen-bond donors (Lipinski definition) is 4. The Balaban J connectivity index is 1.50. The maximum atomic E-state index is 12.1. The molecule has 0 aliphatic carbocycles. The van der Waals surface area contributed by atoms with E-state index >= 15 is 0 Å². The molecule has 0 radical (unpaired) electrons. The number of aliphatic imine (C=N–C) groups is 2. The molecule has 0 spiro atoms. The molecule has 2 aromatic carbocycles. The normalized spacial score (nSPS) is 16.2. The molecule has 0 aromatic heterocycles. The van der Waals surface area contributed by atoms with Crippen LogP contribution in [0.1, 0.15) is 17.5 Å². The van der Waals surface area contributed by atoms with E-state index in [1.165, 1.54) is 0 Å². The monoisotopic (exact) mass is 392 g/mol. The van der Waals surface area contributed by atoms with E-state index in [1.807, 2.05) is 61.5 Å². The van der Waals surface area contributed by atoms with Gasteiger partial charge < -0.3 is 16.4 Å². The predicted molar refractivity (Wildman–Crippen MR) is 114 cm³/mol. The molecule has 1 aliphatic heterocycles. The molecule has 29 heavy (non-hydrogen) atoms. The summed E-state index contributed by atoms with van der Waals surface area (Å²) >= 11 is 0. The van der Waals surface area contributed by atoms with Gasteiger partial charge in [-0.05, 0) is 36.6 Å². The van der Waals surface area contributed by atoms with E-state index in [9.17, 15) is 9.59 Å². The van der Waals surface area contributed by atoms with Crippen LogP contribution in [0.15, 0.2) is 64.6 Å². The molecule has 1 heterocycles. The Bertz CT molecular complexity index is 939.